The first kappa shape index (κ1) is 14.0. The molecule has 17 heavy (non-hydrogen) atoms. The van der Waals surface area contributed by atoms with E-state index in [1.165, 1.54) is 6.33 Å². The van der Waals surface area contributed by atoms with E-state index >= 15 is 0 Å². The van der Waals surface area contributed by atoms with Crippen LogP contribution in [0.25, 0.3) is 0 Å². The Bertz CT molecular complexity index is 377. The average molecular weight is 258 g/mol. The Kier molecular flexibility index (Phi) is 4.57. The second-order valence-corrected chi connectivity index (χ2v) is 5.55. The van der Waals surface area contributed by atoms with Crippen LogP contribution in [-0.4, -0.2) is 23.6 Å². The van der Waals surface area contributed by atoms with Crippen molar-refractivity contribution in [2.75, 3.05) is 19.0 Å². The summed E-state index contributed by atoms with van der Waals surface area (Å²) in [7, 11) is 1.56. The number of anilines is 1. The van der Waals surface area contributed by atoms with Crippen molar-refractivity contribution in [2.45, 2.75) is 27.7 Å². The van der Waals surface area contributed by atoms with Crippen LogP contribution in [0.2, 0.25) is 5.15 Å². The topological polar surface area (TPSA) is 47.0 Å². The van der Waals surface area contributed by atoms with Gasteiger partial charge in [0.15, 0.2) is 16.7 Å². The molecule has 0 radical (unpaired) electrons. The molecule has 0 saturated heterocycles. The van der Waals surface area contributed by atoms with Crippen molar-refractivity contribution in [2.24, 2.45) is 11.3 Å². The standard InChI is InChI=1S/C12H20ClN3O/c1-8(12(2,3)4)6-14-11-9(17-5)10(13)15-7-16-11/h7-8H,6H2,1-5H3,(H,14,15,16). The monoisotopic (exact) mass is 257 g/mol. The lowest BCUT2D eigenvalue weighted by Crippen LogP contribution is -2.25. The van der Waals surface area contributed by atoms with Crippen LogP contribution in [-0.2, 0) is 0 Å². The molecule has 0 aromatic carbocycles. The van der Waals surface area contributed by atoms with Crippen LogP contribution in [0.15, 0.2) is 6.33 Å². The van der Waals surface area contributed by atoms with E-state index in [2.05, 4.69) is 43.0 Å². The van der Waals surface area contributed by atoms with Crippen molar-refractivity contribution in [1.29, 1.82) is 0 Å². The maximum Gasteiger partial charge on any atom is 0.198 e. The molecule has 0 spiro atoms. The highest BCUT2D eigenvalue weighted by Crippen LogP contribution is 2.30. The molecule has 1 atom stereocenters. The number of methoxy groups -OCH3 is 1. The van der Waals surface area contributed by atoms with E-state index in [1.807, 2.05) is 0 Å². The summed E-state index contributed by atoms with van der Waals surface area (Å²) in [5, 5.41) is 3.58. The molecule has 1 aromatic rings. The van der Waals surface area contributed by atoms with Crippen LogP contribution < -0.4 is 10.1 Å². The van der Waals surface area contributed by atoms with Crippen molar-refractivity contribution in [3.8, 4) is 5.75 Å². The zero-order valence-electron chi connectivity index (χ0n) is 11.0. The van der Waals surface area contributed by atoms with Gasteiger partial charge >= 0.3 is 0 Å². The van der Waals surface area contributed by atoms with Crippen LogP contribution in [0.3, 0.4) is 0 Å². The maximum atomic E-state index is 5.92. The van der Waals surface area contributed by atoms with Crippen molar-refractivity contribution in [3.63, 3.8) is 0 Å². The second-order valence-electron chi connectivity index (χ2n) is 5.19. The van der Waals surface area contributed by atoms with Crippen LogP contribution in [0, 0.1) is 11.3 Å². The Balaban J connectivity index is 2.73. The zero-order valence-corrected chi connectivity index (χ0v) is 11.8. The fourth-order valence-electron chi connectivity index (χ4n) is 1.22. The van der Waals surface area contributed by atoms with Gasteiger partial charge in [0.1, 0.15) is 6.33 Å². The molecule has 1 aromatic heterocycles. The number of hydrogen-bond donors (Lipinski definition) is 1. The minimum absolute atomic E-state index is 0.247. The third-order valence-electron chi connectivity index (χ3n) is 3.02. The first-order chi connectivity index (χ1) is 7.86. The second kappa shape index (κ2) is 5.54. The molecule has 0 saturated carbocycles. The van der Waals surface area contributed by atoms with E-state index in [4.69, 9.17) is 16.3 Å². The quantitative estimate of drug-likeness (QED) is 0.842. The van der Waals surface area contributed by atoms with Crippen molar-refractivity contribution in [3.05, 3.63) is 11.5 Å². The average Bonchev–Trinajstić information content (AvgIpc) is 2.24. The molecule has 0 amide bonds. The summed E-state index contributed by atoms with van der Waals surface area (Å²) in [6, 6.07) is 0. The van der Waals surface area contributed by atoms with Gasteiger partial charge in [0.05, 0.1) is 7.11 Å². The number of ether oxygens (including phenoxy) is 1. The molecule has 1 rings (SSSR count). The molecular formula is C12H20ClN3O. The third kappa shape index (κ3) is 3.73. The molecule has 0 fully saturated rings. The number of nitrogens with zero attached hydrogens (tertiary/aromatic N) is 2. The normalized spacial score (nSPS) is 13.3. The Labute approximate surface area is 108 Å². The Morgan fingerprint density at radius 3 is 2.59 bits per heavy atom. The highest BCUT2D eigenvalue weighted by molar-refractivity contribution is 6.31. The third-order valence-corrected chi connectivity index (χ3v) is 3.29. The smallest absolute Gasteiger partial charge is 0.198 e. The number of rotatable bonds is 4. The number of hydrogen-bond acceptors (Lipinski definition) is 4. The Morgan fingerprint density at radius 2 is 2.06 bits per heavy atom. The summed E-state index contributed by atoms with van der Waals surface area (Å²) >= 11 is 5.92. The van der Waals surface area contributed by atoms with Gasteiger partial charge in [-0.1, -0.05) is 39.3 Å². The van der Waals surface area contributed by atoms with Crippen molar-refractivity contribution >= 4 is 17.4 Å². The van der Waals surface area contributed by atoms with E-state index in [9.17, 15) is 0 Å². The summed E-state index contributed by atoms with van der Waals surface area (Å²) in [6.45, 7) is 9.64. The highest BCUT2D eigenvalue weighted by atomic mass is 35.5. The first-order valence-corrected chi connectivity index (χ1v) is 6.02. The van der Waals surface area contributed by atoms with Crippen LogP contribution >= 0.6 is 11.6 Å². The molecule has 0 aliphatic rings. The van der Waals surface area contributed by atoms with Gasteiger partial charge in [-0.3, -0.25) is 0 Å². The minimum atomic E-state index is 0.247. The van der Waals surface area contributed by atoms with Gasteiger partial charge in [-0.2, -0.15) is 0 Å². The van der Waals surface area contributed by atoms with Gasteiger partial charge in [-0.15, -0.1) is 0 Å². The van der Waals surface area contributed by atoms with E-state index in [-0.39, 0.29) is 5.41 Å². The zero-order chi connectivity index (χ0) is 13.1. The summed E-state index contributed by atoms with van der Waals surface area (Å²) in [6.07, 6.45) is 1.43. The molecule has 0 bridgehead atoms. The molecular weight excluding hydrogens is 238 g/mol. The van der Waals surface area contributed by atoms with Crippen LogP contribution in [0.1, 0.15) is 27.7 Å². The molecule has 1 N–H and O–H groups in total. The summed E-state index contributed by atoms with van der Waals surface area (Å²) in [5.74, 6) is 1.64. The fourth-order valence-corrected chi connectivity index (χ4v) is 1.43. The van der Waals surface area contributed by atoms with Crippen molar-refractivity contribution in [1.82, 2.24) is 9.97 Å². The maximum absolute atomic E-state index is 5.92. The molecule has 96 valence electrons. The van der Waals surface area contributed by atoms with Gasteiger partial charge in [-0.25, -0.2) is 9.97 Å². The van der Waals surface area contributed by atoms with E-state index in [1.54, 1.807) is 7.11 Å². The SMILES string of the molecule is COc1c(Cl)ncnc1NCC(C)C(C)(C)C. The molecule has 1 heterocycles. The number of halogens is 1. The number of nitrogens with one attached hydrogen (secondary N) is 1. The summed E-state index contributed by atoms with van der Waals surface area (Å²) in [4.78, 5) is 8.01. The lowest BCUT2D eigenvalue weighted by Gasteiger charge is -2.27. The molecule has 1 unspecified atom stereocenters. The molecule has 0 aliphatic heterocycles. The van der Waals surface area contributed by atoms with Crippen molar-refractivity contribution < 1.29 is 4.74 Å². The predicted molar refractivity (Wildman–Crippen MR) is 70.7 cm³/mol. The molecule has 5 heteroatoms. The van der Waals surface area contributed by atoms with Gasteiger partial charge in [0, 0.05) is 6.54 Å². The van der Waals surface area contributed by atoms with Crippen LogP contribution in [0.5, 0.6) is 5.75 Å². The van der Waals surface area contributed by atoms with Gasteiger partial charge in [0.2, 0.25) is 0 Å². The Hall–Kier alpha value is -1.03. The number of aromatic nitrogens is 2. The van der Waals surface area contributed by atoms with Gasteiger partial charge in [-0.05, 0) is 11.3 Å². The largest absolute Gasteiger partial charge is 0.490 e. The molecule has 0 aliphatic carbocycles. The van der Waals surface area contributed by atoms with Gasteiger partial charge < -0.3 is 10.1 Å². The van der Waals surface area contributed by atoms with E-state index < -0.39 is 0 Å². The fraction of sp³-hybridized carbons (Fsp3) is 0.667. The van der Waals surface area contributed by atoms with Crippen LogP contribution in [0.4, 0.5) is 5.82 Å². The minimum Gasteiger partial charge on any atom is -0.490 e. The van der Waals surface area contributed by atoms with Gasteiger partial charge in [0.25, 0.3) is 0 Å². The summed E-state index contributed by atoms with van der Waals surface area (Å²) in [5.41, 5.74) is 0.247. The van der Waals surface area contributed by atoms with E-state index in [0.29, 0.717) is 22.6 Å². The lowest BCUT2D eigenvalue weighted by molar-refractivity contribution is 0.274. The predicted octanol–water partition coefficient (Wildman–Crippen LogP) is 3.23. The van der Waals surface area contributed by atoms with E-state index in [0.717, 1.165) is 6.54 Å². The first-order valence-electron chi connectivity index (χ1n) is 5.64. The lowest BCUT2D eigenvalue weighted by atomic mass is 9.82. The summed E-state index contributed by atoms with van der Waals surface area (Å²) < 4.78 is 5.17. The highest BCUT2D eigenvalue weighted by Gasteiger charge is 2.20. The molecule has 4 nitrogen and oxygen atoms in total. The Morgan fingerprint density at radius 1 is 1.41 bits per heavy atom.